The Hall–Kier alpha value is -1.12. The van der Waals surface area contributed by atoms with Gasteiger partial charge in [0.1, 0.15) is 5.82 Å². The van der Waals surface area contributed by atoms with Crippen molar-refractivity contribution in [3.05, 3.63) is 70.0 Å². The minimum absolute atomic E-state index is 0.309. The van der Waals surface area contributed by atoms with Gasteiger partial charge >= 0.3 is 0 Å². The minimum atomic E-state index is -0.309. The van der Waals surface area contributed by atoms with E-state index in [0.717, 1.165) is 10.9 Å². The van der Waals surface area contributed by atoms with E-state index in [4.69, 9.17) is 11.6 Å². The lowest BCUT2D eigenvalue weighted by Crippen LogP contribution is -1.83. The fourth-order valence-corrected chi connectivity index (χ4v) is 2.17. The molecule has 0 aliphatic carbocycles. The summed E-state index contributed by atoms with van der Waals surface area (Å²) in [5, 5.41) is 1.25. The molecule has 0 heterocycles. The summed E-state index contributed by atoms with van der Waals surface area (Å²) in [6.07, 6.45) is 3.54. The van der Waals surface area contributed by atoms with Crippen LogP contribution in [0.25, 0.3) is 12.2 Å². The first-order valence-electron chi connectivity index (χ1n) is 5.47. The van der Waals surface area contributed by atoms with E-state index in [1.807, 2.05) is 30.3 Å². The van der Waals surface area contributed by atoms with Crippen LogP contribution in [0.4, 0.5) is 4.39 Å². The highest BCUT2D eigenvalue weighted by Gasteiger charge is 2.02. The van der Waals surface area contributed by atoms with Crippen LogP contribution in [-0.2, 0) is 5.33 Å². The van der Waals surface area contributed by atoms with Crippen LogP contribution in [0, 0.1) is 5.82 Å². The maximum Gasteiger partial charge on any atom is 0.131 e. The third kappa shape index (κ3) is 3.21. The van der Waals surface area contributed by atoms with E-state index in [-0.39, 0.29) is 5.82 Å². The summed E-state index contributed by atoms with van der Waals surface area (Å²) in [6.45, 7) is 0. The predicted molar refractivity (Wildman–Crippen MR) is 79.4 cm³/mol. The standard InChI is InChI=1S/C15H11BrClF/c16-10-12-6-4-11(5-7-12)8-9-13-14(17)2-1-3-15(13)18/h1-9H,10H2. The van der Waals surface area contributed by atoms with Gasteiger partial charge in [0.15, 0.2) is 0 Å². The number of hydrogen-bond donors (Lipinski definition) is 0. The molecule has 2 rings (SSSR count). The third-order valence-electron chi connectivity index (χ3n) is 2.58. The number of rotatable bonds is 3. The quantitative estimate of drug-likeness (QED) is 0.513. The SMILES string of the molecule is Fc1cccc(Cl)c1C=Cc1ccc(CBr)cc1. The second-order valence-corrected chi connectivity index (χ2v) is 4.81. The highest BCUT2D eigenvalue weighted by Crippen LogP contribution is 2.21. The van der Waals surface area contributed by atoms with Gasteiger partial charge in [-0.2, -0.15) is 0 Å². The molecule has 3 heteroatoms. The average molecular weight is 326 g/mol. The molecule has 0 aliphatic heterocycles. The van der Waals surface area contributed by atoms with Gasteiger partial charge in [0.2, 0.25) is 0 Å². The molecule has 0 nitrogen and oxygen atoms in total. The molecule has 0 N–H and O–H groups in total. The van der Waals surface area contributed by atoms with Gasteiger partial charge in [0.25, 0.3) is 0 Å². The van der Waals surface area contributed by atoms with Crippen molar-refractivity contribution in [3.63, 3.8) is 0 Å². The molecule has 0 saturated carbocycles. The second-order valence-electron chi connectivity index (χ2n) is 3.84. The zero-order valence-corrected chi connectivity index (χ0v) is 11.9. The maximum atomic E-state index is 13.5. The highest BCUT2D eigenvalue weighted by molar-refractivity contribution is 9.08. The Labute approximate surface area is 119 Å². The van der Waals surface area contributed by atoms with E-state index in [2.05, 4.69) is 15.9 Å². The van der Waals surface area contributed by atoms with Gasteiger partial charge in [-0.1, -0.05) is 63.9 Å². The van der Waals surface area contributed by atoms with Crippen LogP contribution in [0.5, 0.6) is 0 Å². The molecule has 0 atom stereocenters. The van der Waals surface area contributed by atoms with Crippen molar-refractivity contribution in [2.24, 2.45) is 0 Å². The van der Waals surface area contributed by atoms with Gasteiger partial charge in [-0.15, -0.1) is 0 Å². The summed E-state index contributed by atoms with van der Waals surface area (Å²) in [6, 6.07) is 12.7. The Morgan fingerprint density at radius 2 is 1.78 bits per heavy atom. The lowest BCUT2D eigenvalue weighted by atomic mass is 10.1. The van der Waals surface area contributed by atoms with E-state index in [1.165, 1.54) is 11.6 Å². The molecule has 2 aromatic carbocycles. The van der Waals surface area contributed by atoms with E-state index in [9.17, 15) is 4.39 Å². The molecule has 0 aromatic heterocycles. The molecule has 0 saturated heterocycles. The fourth-order valence-electron chi connectivity index (χ4n) is 1.57. The highest BCUT2D eigenvalue weighted by atomic mass is 79.9. The molecule has 0 spiro atoms. The molecule has 0 fully saturated rings. The van der Waals surface area contributed by atoms with Crippen LogP contribution in [-0.4, -0.2) is 0 Å². The average Bonchev–Trinajstić information content (AvgIpc) is 2.39. The number of hydrogen-bond acceptors (Lipinski definition) is 0. The van der Waals surface area contributed by atoms with Crippen LogP contribution < -0.4 is 0 Å². The van der Waals surface area contributed by atoms with Crippen LogP contribution in [0.2, 0.25) is 5.02 Å². The lowest BCUT2D eigenvalue weighted by molar-refractivity contribution is 0.625. The molecular weight excluding hydrogens is 315 g/mol. The van der Waals surface area contributed by atoms with Crippen molar-refractivity contribution in [2.75, 3.05) is 0 Å². The first-order valence-corrected chi connectivity index (χ1v) is 6.97. The Morgan fingerprint density at radius 3 is 2.39 bits per heavy atom. The minimum Gasteiger partial charge on any atom is -0.206 e. The maximum absolute atomic E-state index is 13.5. The van der Waals surface area contributed by atoms with E-state index in [0.29, 0.717) is 10.6 Å². The Morgan fingerprint density at radius 1 is 1.06 bits per heavy atom. The van der Waals surface area contributed by atoms with Crippen molar-refractivity contribution >= 4 is 39.7 Å². The number of benzene rings is 2. The smallest absolute Gasteiger partial charge is 0.131 e. The normalized spacial score (nSPS) is 11.1. The largest absolute Gasteiger partial charge is 0.206 e. The Bertz CT molecular complexity index is 541. The molecule has 0 aliphatic rings. The number of alkyl halides is 1. The monoisotopic (exact) mass is 324 g/mol. The van der Waals surface area contributed by atoms with Crippen molar-refractivity contribution in [1.29, 1.82) is 0 Å². The third-order valence-corrected chi connectivity index (χ3v) is 3.55. The van der Waals surface area contributed by atoms with Gasteiger partial charge in [0.05, 0.1) is 5.02 Å². The van der Waals surface area contributed by atoms with E-state index < -0.39 is 0 Å². The summed E-state index contributed by atoms with van der Waals surface area (Å²) in [7, 11) is 0. The number of halogens is 3. The van der Waals surface area contributed by atoms with Crippen LogP contribution >= 0.6 is 27.5 Å². The van der Waals surface area contributed by atoms with Gasteiger partial charge in [0, 0.05) is 10.9 Å². The molecule has 0 bridgehead atoms. The molecule has 0 radical (unpaired) electrons. The van der Waals surface area contributed by atoms with Crippen LogP contribution in [0.1, 0.15) is 16.7 Å². The van der Waals surface area contributed by atoms with Gasteiger partial charge < -0.3 is 0 Å². The van der Waals surface area contributed by atoms with Gasteiger partial charge in [-0.25, -0.2) is 4.39 Å². The summed E-state index contributed by atoms with van der Waals surface area (Å²) < 4.78 is 13.5. The molecule has 18 heavy (non-hydrogen) atoms. The molecule has 2 aromatic rings. The van der Waals surface area contributed by atoms with E-state index >= 15 is 0 Å². The molecule has 92 valence electrons. The lowest BCUT2D eigenvalue weighted by Gasteiger charge is -2.00. The summed E-state index contributed by atoms with van der Waals surface area (Å²) >= 11 is 9.34. The molecule has 0 amide bonds. The molecule has 0 unspecified atom stereocenters. The van der Waals surface area contributed by atoms with Gasteiger partial charge in [-0.3, -0.25) is 0 Å². The summed E-state index contributed by atoms with van der Waals surface area (Å²) in [4.78, 5) is 0. The first-order chi connectivity index (χ1) is 8.70. The zero-order chi connectivity index (χ0) is 13.0. The van der Waals surface area contributed by atoms with E-state index in [1.54, 1.807) is 18.2 Å². The van der Waals surface area contributed by atoms with Crippen molar-refractivity contribution < 1.29 is 4.39 Å². The van der Waals surface area contributed by atoms with Crippen LogP contribution in [0.3, 0.4) is 0 Å². The summed E-state index contributed by atoms with van der Waals surface area (Å²) in [5.74, 6) is -0.309. The predicted octanol–water partition coefficient (Wildman–Crippen LogP) is 5.54. The summed E-state index contributed by atoms with van der Waals surface area (Å²) in [5.41, 5.74) is 2.64. The Balaban J connectivity index is 2.24. The van der Waals surface area contributed by atoms with Gasteiger partial charge in [-0.05, 0) is 29.3 Å². The Kier molecular flexibility index (Phi) is 4.56. The van der Waals surface area contributed by atoms with Crippen LogP contribution in [0.15, 0.2) is 42.5 Å². The van der Waals surface area contributed by atoms with Crippen molar-refractivity contribution in [3.8, 4) is 0 Å². The fraction of sp³-hybridized carbons (Fsp3) is 0.0667. The zero-order valence-electron chi connectivity index (χ0n) is 9.54. The van der Waals surface area contributed by atoms with Crippen molar-refractivity contribution in [1.82, 2.24) is 0 Å². The van der Waals surface area contributed by atoms with Crippen molar-refractivity contribution in [2.45, 2.75) is 5.33 Å². The second kappa shape index (κ2) is 6.17. The molecular formula is C15H11BrClF. The first kappa shape index (κ1) is 13.3. The topological polar surface area (TPSA) is 0 Å².